The van der Waals surface area contributed by atoms with Crippen molar-refractivity contribution in [3.8, 4) is 10.8 Å². The third-order valence-corrected chi connectivity index (χ3v) is 7.52. The third-order valence-electron chi connectivity index (χ3n) is 5.48. The van der Waals surface area contributed by atoms with Gasteiger partial charge < -0.3 is 9.73 Å². The molecule has 0 bridgehead atoms. The Morgan fingerprint density at radius 3 is 3.00 bits per heavy atom. The first kappa shape index (κ1) is 20.9. The molecule has 0 aromatic carbocycles. The molecule has 2 aromatic rings. The van der Waals surface area contributed by atoms with Gasteiger partial charge in [-0.3, -0.25) is 15.0 Å². The van der Waals surface area contributed by atoms with Crippen LogP contribution in [0.25, 0.3) is 10.8 Å². The molecule has 1 aliphatic carbocycles. The number of rotatable bonds is 6. The van der Waals surface area contributed by atoms with Crippen molar-refractivity contribution in [3.05, 3.63) is 16.5 Å². The highest BCUT2D eigenvalue weighted by Crippen LogP contribution is 2.37. The Kier molecular flexibility index (Phi) is 5.58. The van der Waals surface area contributed by atoms with Crippen molar-refractivity contribution in [1.29, 1.82) is 0 Å². The van der Waals surface area contributed by atoms with Crippen LogP contribution in [0.15, 0.2) is 15.7 Å². The van der Waals surface area contributed by atoms with E-state index < -0.39 is 23.4 Å². The number of aromatic nitrogens is 2. The molecule has 11 heteroatoms. The molecule has 2 atom stereocenters. The minimum Gasteiger partial charge on any atom is -0.410 e. The Morgan fingerprint density at radius 2 is 2.27 bits per heavy atom. The third kappa shape index (κ3) is 3.95. The number of carbonyl (C=O) groups is 3. The SMILES string of the molecule is CC[C@@]1(C)NC(=O)N(NC(=O)CSc2nnc(-c3cc4c(s3)CC[C@@H](C)C4)o2)C1=O. The molecule has 3 heterocycles. The highest BCUT2D eigenvalue weighted by Gasteiger charge is 2.47. The average Bonchev–Trinajstić information content (AvgIpc) is 3.40. The van der Waals surface area contributed by atoms with Gasteiger partial charge in [0.1, 0.15) is 5.54 Å². The maximum Gasteiger partial charge on any atom is 0.344 e. The summed E-state index contributed by atoms with van der Waals surface area (Å²) in [6.07, 6.45) is 3.77. The zero-order valence-electron chi connectivity index (χ0n) is 17.0. The summed E-state index contributed by atoms with van der Waals surface area (Å²) < 4.78 is 5.70. The van der Waals surface area contributed by atoms with Crippen molar-refractivity contribution in [2.45, 2.75) is 57.2 Å². The maximum atomic E-state index is 12.3. The van der Waals surface area contributed by atoms with Gasteiger partial charge in [-0.2, -0.15) is 5.01 Å². The van der Waals surface area contributed by atoms with E-state index in [9.17, 15) is 14.4 Å². The van der Waals surface area contributed by atoms with Crippen molar-refractivity contribution >= 4 is 40.9 Å². The lowest BCUT2D eigenvalue weighted by Gasteiger charge is -2.19. The van der Waals surface area contributed by atoms with Crippen molar-refractivity contribution < 1.29 is 18.8 Å². The van der Waals surface area contributed by atoms with Crippen LogP contribution in [0.5, 0.6) is 0 Å². The number of nitrogens with zero attached hydrogens (tertiary/aromatic N) is 3. The van der Waals surface area contributed by atoms with E-state index in [1.165, 1.54) is 16.9 Å². The highest BCUT2D eigenvalue weighted by molar-refractivity contribution is 7.99. The summed E-state index contributed by atoms with van der Waals surface area (Å²) in [4.78, 5) is 38.8. The number of hydrogen-bond donors (Lipinski definition) is 2. The largest absolute Gasteiger partial charge is 0.410 e. The van der Waals surface area contributed by atoms with Crippen LogP contribution in [0.4, 0.5) is 4.79 Å². The number of hydrazine groups is 1. The zero-order valence-corrected chi connectivity index (χ0v) is 18.6. The summed E-state index contributed by atoms with van der Waals surface area (Å²) >= 11 is 2.73. The van der Waals surface area contributed by atoms with E-state index in [-0.39, 0.29) is 11.0 Å². The Balaban J connectivity index is 1.34. The van der Waals surface area contributed by atoms with E-state index in [1.54, 1.807) is 25.2 Å². The first-order chi connectivity index (χ1) is 14.3. The van der Waals surface area contributed by atoms with Crippen LogP contribution in [-0.4, -0.2) is 44.3 Å². The van der Waals surface area contributed by atoms with Crippen molar-refractivity contribution in [3.63, 3.8) is 0 Å². The van der Waals surface area contributed by atoms with Gasteiger partial charge in [-0.25, -0.2) is 4.79 Å². The number of amides is 4. The molecule has 30 heavy (non-hydrogen) atoms. The number of hydrogen-bond acceptors (Lipinski definition) is 8. The fraction of sp³-hybridized carbons (Fsp3) is 0.526. The zero-order chi connectivity index (χ0) is 21.5. The molecule has 4 amide bonds. The van der Waals surface area contributed by atoms with E-state index in [1.807, 2.05) is 0 Å². The lowest BCUT2D eigenvalue weighted by Crippen LogP contribution is -2.49. The molecule has 0 spiro atoms. The number of carbonyl (C=O) groups excluding carboxylic acids is 3. The van der Waals surface area contributed by atoms with Gasteiger partial charge in [0.2, 0.25) is 5.91 Å². The smallest absolute Gasteiger partial charge is 0.344 e. The minimum atomic E-state index is -1.00. The van der Waals surface area contributed by atoms with Gasteiger partial charge in [0.05, 0.1) is 10.6 Å². The van der Waals surface area contributed by atoms with E-state index in [0.717, 1.165) is 34.5 Å². The fourth-order valence-corrected chi connectivity index (χ4v) is 5.17. The average molecular weight is 450 g/mol. The van der Waals surface area contributed by atoms with Crippen LogP contribution in [0.2, 0.25) is 0 Å². The van der Waals surface area contributed by atoms with Gasteiger partial charge in [0.25, 0.3) is 17.0 Å². The number of thiophene rings is 1. The van der Waals surface area contributed by atoms with Crippen LogP contribution in [0, 0.1) is 5.92 Å². The van der Waals surface area contributed by atoms with Crippen LogP contribution >= 0.6 is 23.1 Å². The second kappa shape index (κ2) is 8.03. The summed E-state index contributed by atoms with van der Waals surface area (Å²) in [6.45, 7) is 5.67. The molecule has 1 fully saturated rings. The number of nitrogens with one attached hydrogen (secondary N) is 2. The first-order valence-electron chi connectivity index (χ1n) is 9.83. The molecule has 0 unspecified atom stereocenters. The number of imide groups is 1. The molecular weight excluding hydrogens is 426 g/mol. The molecule has 0 radical (unpaired) electrons. The number of fused-ring (bicyclic) bond motifs is 1. The Labute approximate surface area is 182 Å². The van der Waals surface area contributed by atoms with E-state index >= 15 is 0 Å². The van der Waals surface area contributed by atoms with Gasteiger partial charge >= 0.3 is 6.03 Å². The molecule has 2 N–H and O–H groups in total. The van der Waals surface area contributed by atoms with Gasteiger partial charge in [-0.05, 0) is 50.2 Å². The highest BCUT2D eigenvalue weighted by atomic mass is 32.2. The predicted molar refractivity (Wildman–Crippen MR) is 112 cm³/mol. The minimum absolute atomic E-state index is 0.0695. The molecule has 2 aliphatic rings. The quantitative estimate of drug-likeness (QED) is 0.514. The number of aryl methyl sites for hydroxylation is 1. The lowest BCUT2D eigenvalue weighted by atomic mass is 9.90. The van der Waals surface area contributed by atoms with Gasteiger partial charge in [0, 0.05) is 4.88 Å². The monoisotopic (exact) mass is 449 g/mol. The normalized spacial score (nSPS) is 23.4. The maximum absolute atomic E-state index is 12.3. The summed E-state index contributed by atoms with van der Waals surface area (Å²) in [5.41, 5.74) is 2.69. The topological polar surface area (TPSA) is 117 Å². The molecule has 0 saturated carbocycles. The van der Waals surface area contributed by atoms with Crippen LogP contribution in [-0.2, 0) is 22.4 Å². The Morgan fingerprint density at radius 1 is 1.47 bits per heavy atom. The summed E-state index contributed by atoms with van der Waals surface area (Å²) in [5.74, 6) is 0.0679. The second-order valence-corrected chi connectivity index (χ2v) is 9.92. The number of thioether (sulfide) groups is 1. The van der Waals surface area contributed by atoms with Crippen LogP contribution in [0.3, 0.4) is 0 Å². The molecule has 160 valence electrons. The van der Waals surface area contributed by atoms with E-state index in [4.69, 9.17) is 4.42 Å². The molecule has 1 saturated heterocycles. The van der Waals surface area contributed by atoms with Crippen LogP contribution < -0.4 is 10.7 Å². The van der Waals surface area contributed by atoms with Crippen LogP contribution in [0.1, 0.15) is 44.1 Å². The first-order valence-corrected chi connectivity index (χ1v) is 11.6. The molecule has 9 nitrogen and oxygen atoms in total. The molecule has 2 aromatic heterocycles. The van der Waals surface area contributed by atoms with Gasteiger partial charge in [-0.15, -0.1) is 21.5 Å². The summed E-state index contributed by atoms with van der Waals surface area (Å²) in [5, 5.41) is 11.7. The molecule has 1 aliphatic heterocycles. The van der Waals surface area contributed by atoms with Gasteiger partial charge in [-0.1, -0.05) is 25.6 Å². The lowest BCUT2D eigenvalue weighted by molar-refractivity contribution is -0.137. The van der Waals surface area contributed by atoms with E-state index in [2.05, 4.69) is 33.9 Å². The number of urea groups is 1. The molecule has 4 rings (SSSR count). The van der Waals surface area contributed by atoms with E-state index in [0.29, 0.717) is 18.2 Å². The summed E-state index contributed by atoms with van der Waals surface area (Å²) in [6, 6.07) is 1.48. The van der Waals surface area contributed by atoms with Crippen molar-refractivity contribution in [2.24, 2.45) is 5.92 Å². The van der Waals surface area contributed by atoms with Crippen molar-refractivity contribution in [2.75, 3.05) is 5.75 Å². The van der Waals surface area contributed by atoms with Gasteiger partial charge in [0.15, 0.2) is 0 Å². The molecular formula is C19H23N5O4S2. The van der Waals surface area contributed by atoms with Crippen molar-refractivity contribution in [1.82, 2.24) is 25.9 Å². The Bertz CT molecular complexity index is 1000. The standard InChI is InChI=1S/C19H23N5O4S2/c1-4-19(3)16(26)24(17(27)20-19)23-14(25)9-29-18-22-21-15(28-18)13-8-11-7-10(2)5-6-12(11)30-13/h8,10H,4-7,9H2,1-3H3,(H,20,27)(H,23,25)/t10-,19-/m1/s1. The predicted octanol–water partition coefficient (Wildman–Crippen LogP) is 2.77. The Hall–Kier alpha value is -2.40. The fourth-order valence-electron chi connectivity index (χ4n) is 3.49. The summed E-state index contributed by atoms with van der Waals surface area (Å²) in [7, 11) is 0. The second-order valence-electron chi connectivity index (χ2n) is 7.86.